The molecule has 1 aliphatic heterocycles. The number of halogens is 2. The SMILES string of the molecule is CCCN1C(=O)NC(c2ccc(NC(=O)C(Cl)Cl)cc2)C(C(=O)OC(C)C)=C1C. The number of carbonyl (C=O) groups is 3. The summed E-state index contributed by atoms with van der Waals surface area (Å²) in [5.41, 5.74) is 2.11. The van der Waals surface area contributed by atoms with Crippen molar-refractivity contribution in [3.63, 3.8) is 0 Å². The molecule has 0 saturated heterocycles. The number of nitrogens with one attached hydrogen (secondary N) is 2. The Kier molecular flexibility index (Phi) is 7.93. The molecule has 9 heteroatoms. The van der Waals surface area contributed by atoms with Crippen molar-refractivity contribution in [1.82, 2.24) is 10.2 Å². The molecule has 0 fully saturated rings. The third-order valence-electron chi connectivity index (χ3n) is 4.32. The summed E-state index contributed by atoms with van der Waals surface area (Å²) in [5, 5.41) is 5.45. The van der Waals surface area contributed by atoms with Gasteiger partial charge >= 0.3 is 12.0 Å². The second-order valence-corrected chi connectivity index (χ2v) is 8.00. The molecule has 3 amide bonds. The number of carbonyl (C=O) groups excluding carboxylic acids is 3. The predicted octanol–water partition coefficient (Wildman–Crippen LogP) is 4.13. The first-order valence-corrected chi connectivity index (χ1v) is 10.2. The molecule has 0 aliphatic carbocycles. The number of benzene rings is 1. The largest absolute Gasteiger partial charge is 0.459 e. The van der Waals surface area contributed by atoms with Crippen LogP contribution in [0.25, 0.3) is 0 Å². The summed E-state index contributed by atoms with van der Waals surface area (Å²) in [6.45, 7) is 7.73. The molecule has 1 aromatic rings. The van der Waals surface area contributed by atoms with Crippen LogP contribution in [-0.4, -0.2) is 40.3 Å². The molecule has 29 heavy (non-hydrogen) atoms. The topological polar surface area (TPSA) is 87.7 Å². The highest BCUT2D eigenvalue weighted by molar-refractivity contribution is 6.54. The van der Waals surface area contributed by atoms with Crippen LogP contribution in [0, 0.1) is 0 Å². The van der Waals surface area contributed by atoms with Gasteiger partial charge in [0, 0.05) is 17.9 Å². The Balaban J connectivity index is 2.39. The zero-order valence-electron chi connectivity index (χ0n) is 16.8. The van der Waals surface area contributed by atoms with Gasteiger partial charge in [-0.3, -0.25) is 9.69 Å². The van der Waals surface area contributed by atoms with Crippen LogP contribution in [0.3, 0.4) is 0 Å². The Labute approximate surface area is 180 Å². The minimum Gasteiger partial charge on any atom is -0.459 e. The third kappa shape index (κ3) is 5.64. The maximum Gasteiger partial charge on any atom is 0.338 e. The number of hydrogen-bond acceptors (Lipinski definition) is 4. The van der Waals surface area contributed by atoms with Crippen molar-refractivity contribution in [1.29, 1.82) is 0 Å². The molecule has 0 aromatic heterocycles. The van der Waals surface area contributed by atoms with Gasteiger partial charge in [-0.2, -0.15) is 0 Å². The van der Waals surface area contributed by atoms with E-state index in [-0.39, 0.29) is 12.1 Å². The van der Waals surface area contributed by atoms with Crippen LogP contribution in [0.1, 0.15) is 45.7 Å². The van der Waals surface area contributed by atoms with Gasteiger partial charge in [-0.05, 0) is 44.9 Å². The fourth-order valence-electron chi connectivity index (χ4n) is 3.02. The second-order valence-electron chi connectivity index (χ2n) is 6.90. The summed E-state index contributed by atoms with van der Waals surface area (Å²) in [6.07, 6.45) is 0.454. The number of alkyl halides is 2. The minimum absolute atomic E-state index is 0.278. The van der Waals surface area contributed by atoms with Crippen LogP contribution in [0.5, 0.6) is 0 Å². The highest BCUT2D eigenvalue weighted by Crippen LogP contribution is 2.32. The highest BCUT2D eigenvalue weighted by Gasteiger charge is 2.36. The molecule has 0 bridgehead atoms. The van der Waals surface area contributed by atoms with Crippen LogP contribution in [0.2, 0.25) is 0 Å². The minimum atomic E-state index is -1.18. The number of hydrogen-bond donors (Lipinski definition) is 2. The molecule has 2 N–H and O–H groups in total. The smallest absolute Gasteiger partial charge is 0.338 e. The van der Waals surface area contributed by atoms with E-state index in [2.05, 4.69) is 10.6 Å². The van der Waals surface area contributed by atoms with Crippen LogP contribution >= 0.6 is 23.2 Å². The lowest BCUT2D eigenvalue weighted by Gasteiger charge is -2.35. The molecule has 0 saturated carbocycles. The van der Waals surface area contributed by atoms with Crippen molar-refractivity contribution >= 4 is 46.8 Å². The molecule has 158 valence electrons. The summed E-state index contributed by atoms with van der Waals surface area (Å²) in [4.78, 5) is 37.4. The van der Waals surface area contributed by atoms with Crippen LogP contribution in [0.4, 0.5) is 10.5 Å². The lowest BCUT2D eigenvalue weighted by molar-refractivity contribution is -0.143. The average molecular weight is 442 g/mol. The zero-order chi connectivity index (χ0) is 21.7. The van der Waals surface area contributed by atoms with E-state index in [4.69, 9.17) is 27.9 Å². The van der Waals surface area contributed by atoms with E-state index in [1.54, 1.807) is 49.9 Å². The lowest BCUT2D eigenvalue weighted by atomic mass is 9.94. The molecule has 7 nitrogen and oxygen atoms in total. The number of urea groups is 1. The molecule has 1 atom stereocenters. The second kappa shape index (κ2) is 9.98. The first-order chi connectivity index (χ1) is 13.6. The van der Waals surface area contributed by atoms with Gasteiger partial charge in [0.05, 0.1) is 17.7 Å². The van der Waals surface area contributed by atoms with Crippen molar-refractivity contribution < 1.29 is 19.1 Å². The summed E-state index contributed by atoms with van der Waals surface area (Å²) in [7, 11) is 0. The fourth-order valence-corrected chi connectivity index (χ4v) is 3.13. The van der Waals surface area contributed by atoms with E-state index >= 15 is 0 Å². The van der Waals surface area contributed by atoms with Crippen molar-refractivity contribution in [3.8, 4) is 0 Å². The Bertz CT molecular complexity index is 806. The number of anilines is 1. The van der Waals surface area contributed by atoms with Gasteiger partial charge < -0.3 is 15.4 Å². The zero-order valence-corrected chi connectivity index (χ0v) is 18.3. The van der Waals surface area contributed by atoms with E-state index in [0.717, 1.165) is 6.42 Å². The molecule has 1 aliphatic rings. The maximum atomic E-state index is 12.8. The number of allylic oxidation sites excluding steroid dienone is 1. The number of nitrogens with zero attached hydrogens (tertiary/aromatic N) is 1. The Morgan fingerprint density at radius 2 is 1.86 bits per heavy atom. The van der Waals surface area contributed by atoms with Gasteiger partial charge in [-0.15, -0.1) is 0 Å². The van der Waals surface area contributed by atoms with Gasteiger partial charge in [0.25, 0.3) is 5.91 Å². The molecule has 1 unspecified atom stereocenters. The van der Waals surface area contributed by atoms with Crippen LogP contribution in [0.15, 0.2) is 35.5 Å². The summed E-state index contributed by atoms with van der Waals surface area (Å²) < 4.78 is 5.42. The van der Waals surface area contributed by atoms with Gasteiger partial charge in [0.1, 0.15) is 0 Å². The number of esters is 1. The highest BCUT2D eigenvalue weighted by atomic mass is 35.5. The number of amides is 3. The molecule has 2 rings (SSSR count). The van der Waals surface area contributed by atoms with Crippen molar-refractivity contribution in [3.05, 3.63) is 41.1 Å². The predicted molar refractivity (Wildman–Crippen MR) is 113 cm³/mol. The number of rotatable bonds is 7. The molecule has 1 heterocycles. The first kappa shape index (κ1) is 23.0. The summed E-state index contributed by atoms with van der Waals surface area (Å²) >= 11 is 11.1. The summed E-state index contributed by atoms with van der Waals surface area (Å²) in [5.74, 6) is -1.02. The Morgan fingerprint density at radius 3 is 2.38 bits per heavy atom. The molecule has 0 spiro atoms. The lowest BCUT2D eigenvalue weighted by Crippen LogP contribution is -2.48. The Hall–Kier alpha value is -2.25. The van der Waals surface area contributed by atoms with Gasteiger partial charge in [-0.25, -0.2) is 9.59 Å². The van der Waals surface area contributed by atoms with Crippen molar-refractivity contribution in [2.75, 3.05) is 11.9 Å². The molecular formula is C20H25Cl2N3O4. The number of ether oxygens (including phenoxy) is 1. The Morgan fingerprint density at radius 1 is 1.24 bits per heavy atom. The van der Waals surface area contributed by atoms with Crippen molar-refractivity contribution in [2.45, 2.75) is 51.1 Å². The molecule has 0 radical (unpaired) electrons. The van der Waals surface area contributed by atoms with Crippen molar-refractivity contribution in [2.24, 2.45) is 0 Å². The van der Waals surface area contributed by atoms with Gasteiger partial charge in [0.2, 0.25) is 0 Å². The van der Waals surface area contributed by atoms with E-state index in [0.29, 0.717) is 29.1 Å². The van der Waals surface area contributed by atoms with Crippen LogP contribution in [-0.2, 0) is 14.3 Å². The van der Waals surface area contributed by atoms with E-state index < -0.39 is 22.8 Å². The van der Waals surface area contributed by atoms with E-state index in [9.17, 15) is 14.4 Å². The molecule has 1 aromatic carbocycles. The molecular weight excluding hydrogens is 417 g/mol. The van der Waals surface area contributed by atoms with Gasteiger partial charge in [-0.1, -0.05) is 42.3 Å². The van der Waals surface area contributed by atoms with E-state index in [1.165, 1.54) is 0 Å². The third-order valence-corrected chi connectivity index (χ3v) is 4.71. The summed E-state index contributed by atoms with van der Waals surface area (Å²) in [6, 6.07) is 5.77. The van der Waals surface area contributed by atoms with E-state index in [1.807, 2.05) is 6.92 Å². The monoisotopic (exact) mass is 441 g/mol. The first-order valence-electron chi connectivity index (χ1n) is 9.34. The standard InChI is InChI=1S/C20H25Cl2N3O4/c1-5-10-25-12(4)15(19(27)29-11(2)3)16(24-20(25)28)13-6-8-14(9-7-13)23-18(26)17(21)22/h6-9,11,16-17H,5,10H2,1-4H3,(H,23,26)(H,24,28). The van der Waals surface area contributed by atoms with Crippen LogP contribution < -0.4 is 10.6 Å². The average Bonchev–Trinajstić information content (AvgIpc) is 2.64. The maximum absolute atomic E-state index is 12.8. The fraction of sp³-hybridized carbons (Fsp3) is 0.450. The quantitative estimate of drug-likeness (QED) is 0.491. The van der Waals surface area contributed by atoms with Gasteiger partial charge in [0.15, 0.2) is 4.84 Å². The normalized spacial score (nSPS) is 16.9.